The standard InChI is InChI=1S/C17H14BrF3N4O3S/c1-2-29-16-23-22-15(17(19,20)21)25(16)24-14(26)13-8-7-10(28-13)9-27-12-6-4-3-5-11(12)18/h3-8H,2,9H2,1H3,(H,24,26). The smallest absolute Gasteiger partial charge is 0.453 e. The van der Waals surface area contributed by atoms with Gasteiger partial charge in [0.25, 0.3) is 5.82 Å². The molecule has 3 rings (SSSR count). The lowest BCUT2D eigenvalue weighted by Crippen LogP contribution is -2.28. The maximum Gasteiger partial charge on any atom is 0.453 e. The number of carbonyl (C=O) groups is 1. The molecule has 0 spiro atoms. The first-order chi connectivity index (χ1) is 13.8. The first-order valence-electron chi connectivity index (χ1n) is 8.22. The summed E-state index contributed by atoms with van der Waals surface area (Å²) in [6.07, 6.45) is -4.78. The highest BCUT2D eigenvalue weighted by atomic mass is 79.9. The molecule has 154 valence electrons. The number of benzene rings is 1. The van der Waals surface area contributed by atoms with Gasteiger partial charge in [-0.25, -0.2) is 4.68 Å². The molecule has 29 heavy (non-hydrogen) atoms. The highest BCUT2D eigenvalue weighted by Gasteiger charge is 2.39. The molecule has 1 amide bonds. The maximum atomic E-state index is 13.1. The van der Waals surface area contributed by atoms with Gasteiger partial charge in [0, 0.05) is 0 Å². The van der Waals surface area contributed by atoms with Crippen molar-refractivity contribution in [3.63, 3.8) is 0 Å². The average molecular weight is 491 g/mol. The lowest BCUT2D eigenvalue weighted by molar-refractivity contribution is -0.146. The Hall–Kier alpha value is -2.47. The van der Waals surface area contributed by atoms with Crippen LogP contribution in [0.25, 0.3) is 0 Å². The average Bonchev–Trinajstić information content (AvgIpc) is 3.29. The van der Waals surface area contributed by atoms with Crippen LogP contribution in [0.4, 0.5) is 13.2 Å². The molecule has 0 atom stereocenters. The monoisotopic (exact) mass is 490 g/mol. The van der Waals surface area contributed by atoms with E-state index < -0.39 is 17.9 Å². The molecule has 0 saturated carbocycles. The number of rotatable bonds is 7. The van der Waals surface area contributed by atoms with E-state index in [1.54, 1.807) is 25.1 Å². The van der Waals surface area contributed by atoms with Gasteiger partial charge in [-0.15, -0.1) is 10.2 Å². The predicted octanol–water partition coefficient (Wildman–Crippen LogP) is 4.73. The summed E-state index contributed by atoms with van der Waals surface area (Å²) in [6.45, 7) is 1.77. The SMILES string of the molecule is CCSc1nnc(C(F)(F)F)n1NC(=O)c1ccc(COc2ccccc2Br)o1. The summed E-state index contributed by atoms with van der Waals surface area (Å²) in [4.78, 5) is 12.4. The Morgan fingerprint density at radius 1 is 1.28 bits per heavy atom. The minimum Gasteiger partial charge on any atom is -0.484 e. The summed E-state index contributed by atoms with van der Waals surface area (Å²) < 4.78 is 51.6. The van der Waals surface area contributed by atoms with E-state index in [2.05, 4.69) is 31.6 Å². The van der Waals surface area contributed by atoms with Crippen LogP contribution in [0.1, 0.15) is 29.1 Å². The van der Waals surface area contributed by atoms with Crippen LogP contribution in [0.5, 0.6) is 5.75 Å². The molecule has 0 aliphatic carbocycles. The van der Waals surface area contributed by atoms with Crippen molar-refractivity contribution in [3.8, 4) is 5.75 Å². The summed E-state index contributed by atoms with van der Waals surface area (Å²) in [5.41, 5.74) is 2.13. The Morgan fingerprint density at radius 2 is 2.03 bits per heavy atom. The molecular formula is C17H14BrF3N4O3S. The molecule has 12 heteroatoms. The lowest BCUT2D eigenvalue weighted by Gasteiger charge is -2.11. The van der Waals surface area contributed by atoms with Crippen LogP contribution in [0, 0.1) is 0 Å². The summed E-state index contributed by atoms with van der Waals surface area (Å²) >= 11 is 4.35. The number of furan rings is 1. The van der Waals surface area contributed by atoms with Crippen molar-refractivity contribution in [2.24, 2.45) is 0 Å². The summed E-state index contributed by atoms with van der Waals surface area (Å²) in [5.74, 6) is -1.02. The fourth-order valence-electron chi connectivity index (χ4n) is 2.22. The van der Waals surface area contributed by atoms with Crippen molar-refractivity contribution < 1.29 is 27.1 Å². The Balaban J connectivity index is 1.72. The molecule has 0 fully saturated rings. The maximum absolute atomic E-state index is 13.1. The third kappa shape index (κ3) is 5.12. The molecule has 1 aromatic carbocycles. The third-order valence-corrected chi connectivity index (χ3v) is 4.93. The van der Waals surface area contributed by atoms with E-state index in [9.17, 15) is 18.0 Å². The fourth-order valence-corrected chi connectivity index (χ4v) is 3.24. The zero-order valence-electron chi connectivity index (χ0n) is 14.9. The lowest BCUT2D eigenvalue weighted by atomic mass is 10.3. The molecule has 3 aromatic rings. The number of nitrogens with one attached hydrogen (secondary N) is 1. The van der Waals surface area contributed by atoms with Gasteiger partial charge in [0.2, 0.25) is 5.16 Å². The number of nitrogens with zero attached hydrogens (tertiary/aromatic N) is 3. The van der Waals surface area contributed by atoms with E-state index in [4.69, 9.17) is 9.15 Å². The fraction of sp³-hybridized carbons (Fsp3) is 0.235. The normalized spacial score (nSPS) is 11.5. The van der Waals surface area contributed by atoms with Crippen LogP contribution in [0.3, 0.4) is 0 Å². The highest BCUT2D eigenvalue weighted by Crippen LogP contribution is 2.30. The van der Waals surface area contributed by atoms with Gasteiger partial charge < -0.3 is 9.15 Å². The second-order valence-corrected chi connectivity index (χ2v) is 7.58. The van der Waals surface area contributed by atoms with Crippen LogP contribution in [0.2, 0.25) is 0 Å². The number of hydrogen-bond donors (Lipinski definition) is 1. The van der Waals surface area contributed by atoms with E-state index in [1.807, 2.05) is 6.07 Å². The molecule has 0 radical (unpaired) electrons. The first kappa shape index (κ1) is 21.2. The van der Waals surface area contributed by atoms with Crippen LogP contribution in [-0.2, 0) is 12.8 Å². The zero-order valence-corrected chi connectivity index (χ0v) is 17.3. The van der Waals surface area contributed by atoms with E-state index >= 15 is 0 Å². The van der Waals surface area contributed by atoms with Crippen molar-refractivity contribution in [1.29, 1.82) is 0 Å². The largest absolute Gasteiger partial charge is 0.484 e. The molecule has 0 aliphatic rings. The minimum absolute atomic E-state index is 0.0350. The number of amides is 1. The Morgan fingerprint density at radius 3 is 2.72 bits per heavy atom. The number of aromatic nitrogens is 3. The van der Waals surface area contributed by atoms with Gasteiger partial charge in [-0.2, -0.15) is 13.2 Å². The van der Waals surface area contributed by atoms with Gasteiger partial charge in [0.05, 0.1) is 4.47 Å². The molecular weight excluding hydrogens is 477 g/mol. The topological polar surface area (TPSA) is 82.2 Å². The number of halogens is 4. The van der Waals surface area contributed by atoms with Gasteiger partial charge in [-0.1, -0.05) is 30.8 Å². The number of para-hydroxylation sites is 1. The Kier molecular flexibility index (Phi) is 6.52. The van der Waals surface area contributed by atoms with Gasteiger partial charge >= 0.3 is 12.1 Å². The highest BCUT2D eigenvalue weighted by molar-refractivity contribution is 9.10. The molecule has 0 unspecified atom stereocenters. The number of thioether (sulfide) groups is 1. The summed E-state index contributed by atoms with van der Waals surface area (Å²) in [7, 11) is 0. The quantitative estimate of drug-likeness (QED) is 0.482. The van der Waals surface area contributed by atoms with E-state index in [0.29, 0.717) is 21.9 Å². The minimum atomic E-state index is -4.78. The summed E-state index contributed by atoms with van der Waals surface area (Å²) in [6, 6.07) is 10.0. The van der Waals surface area contributed by atoms with Gasteiger partial charge in [0.1, 0.15) is 18.1 Å². The Bertz CT molecular complexity index is 1010. The van der Waals surface area contributed by atoms with Crippen LogP contribution in [0.15, 0.2) is 50.4 Å². The van der Waals surface area contributed by atoms with Crippen molar-refractivity contribution in [2.75, 3.05) is 11.2 Å². The summed E-state index contributed by atoms with van der Waals surface area (Å²) in [5, 5.41) is 6.52. The first-order valence-corrected chi connectivity index (χ1v) is 10.00. The number of ether oxygens (including phenoxy) is 1. The molecule has 2 heterocycles. The van der Waals surface area contributed by atoms with Crippen molar-refractivity contribution in [1.82, 2.24) is 14.9 Å². The molecule has 0 aliphatic heterocycles. The second kappa shape index (κ2) is 8.91. The predicted molar refractivity (Wildman–Crippen MR) is 102 cm³/mol. The molecule has 0 bridgehead atoms. The number of carbonyl (C=O) groups excluding carboxylic acids is 1. The molecule has 2 aromatic heterocycles. The van der Waals surface area contributed by atoms with Gasteiger partial charge in [-0.05, 0) is 45.9 Å². The molecule has 1 N–H and O–H groups in total. The van der Waals surface area contributed by atoms with Crippen molar-refractivity contribution in [3.05, 3.63) is 58.2 Å². The van der Waals surface area contributed by atoms with Gasteiger partial charge in [-0.3, -0.25) is 10.2 Å². The molecule has 7 nitrogen and oxygen atoms in total. The van der Waals surface area contributed by atoms with E-state index in [1.165, 1.54) is 12.1 Å². The zero-order chi connectivity index (χ0) is 21.0. The van der Waals surface area contributed by atoms with Crippen molar-refractivity contribution >= 4 is 33.6 Å². The second-order valence-electron chi connectivity index (χ2n) is 5.50. The van der Waals surface area contributed by atoms with Gasteiger partial charge in [0.15, 0.2) is 5.76 Å². The van der Waals surface area contributed by atoms with Crippen molar-refractivity contribution in [2.45, 2.75) is 24.9 Å². The van der Waals surface area contributed by atoms with E-state index in [-0.39, 0.29) is 17.5 Å². The third-order valence-electron chi connectivity index (χ3n) is 3.47. The molecule has 0 saturated heterocycles. The van der Waals surface area contributed by atoms with E-state index in [0.717, 1.165) is 16.2 Å². The number of hydrogen-bond acceptors (Lipinski definition) is 6. The van der Waals surface area contributed by atoms with Crippen LogP contribution >= 0.6 is 27.7 Å². The number of alkyl halides is 3. The van der Waals surface area contributed by atoms with Crippen LogP contribution < -0.4 is 10.2 Å². The Labute approximate surface area is 175 Å². The van der Waals surface area contributed by atoms with Crippen LogP contribution in [-0.4, -0.2) is 26.5 Å².